The Morgan fingerprint density at radius 2 is 1.88 bits per heavy atom. The minimum absolute atomic E-state index is 0.0122. The molecule has 2 bridgehead atoms. The Morgan fingerprint density at radius 1 is 1.15 bits per heavy atom. The maximum atomic E-state index is 14.5. The molecule has 1 aromatic rings. The van der Waals surface area contributed by atoms with Crippen LogP contribution in [0.15, 0.2) is 55.6 Å². The number of hydrogen-bond acceptors (Lipinski definition) is 5. The molecule has 1 aromatic carbocycles. The Hall–Kier alpha value is -2.58. The van der Waals surface area contributed by atoms with Gasteiger partial charge in [-0.3, -0.25) is 14.4 Å². The normalized spacial score (nSPS) is 27.0. The summed E-state index contributed by atoms with van der Waals surface area (Å²) >= 11 is 1.73. The number of aliphatic hydroxyl groups excluding tert-OH is 1. The van der Waals surface area contributed by atoms with Gasteiger partial charge in [0.05, 0.1) is 16.6 Å². The van der Waals surface area contributed by atoms with Crippen LogP contribution in [-0.4, -0.2) is 85.8 Å². The molecule has 3 saturated heterocycles. The van der Waals surface area contributed by atoms with Gasteiger partial charge in [0.2, 0.25) is 17.7 Å². The lowest BCUT2D eigenvalue weighted by Gasteiger charge is -2.39. The van der Waals surface area contributed by atoms with Crippen molar-refractivity contribution < 1.29 is 19.5 Å². The Balaban J connectivity index is 1.68. The average Bonchev–Trinajstić information content (AvgIpc) is 3.61. The lowest BCUT2D eigenvalue weighted by Crippen LogP contribution is -2.56. The molecule has 3 heterocycles. The van der Waals surface area contributed by atoms with Gasteiger partial charge in [0, 0.05) is 44.1 Å². The average molecular weight is 582 g/mol. The highest BCUT2D eigenvalue weighted by molar-refractivity contribution is 8.02. The number of fused-ring (bicyclic) bond motifs is 1. The van der Waals surface area contributed by atoms with E-state index >= 15 is 0 Å². The van der Waals surface area contributed by atoms with Crippen LogP contribution in [-0.2, 0) is 20.9 Å². The van der Waals surface area contributed by atoms with Crippen molar-refractivity contribution in [2.75, 3.05) is 26.2 Å². The highest BCUT2D eigenvalue weighted by atomic mass is 32.2. The number of benzene rings is 1. The van der Waals surface area contributed by atoms with E-state index in [1.54, 1.807) is 23.9 Å². The molecule has 0 aliphatic carbocycles. The van der Waals surface area contributed by atoms with E-state index in [4.69, 9.17) is 0 Å². The lowest BCUT2D eigenvalue weighted by atomic mass is 9.70. The minimum atomic E-state index is -0.603. The van der Waals surface area contributed by atoms with Gasteiger partial charge < -0.3 is 19.8 Å². The third-order valence-electron chi connectivity index (χ3n) is 9.10. The summed E-state index contributed by atoms with van der Waals surface area (Å²) < 4.78 is -0.603. The fourth-order valence-corrected chi connectivity index (χ4v) is 9.49. The molecule has 41 heavy (non-hydrogen) atoms. The van der Waals surface area contributed by atoms with Gasteiger partial charge in [0.1, 0.15) is 6.04 Å². The summed E-state index contributed by atoms with van der Waals surface area (Å²) in [5.74, 6) is -1.05. The van der Waals surface area contributed by atoms with Crippen LogP contribution in [0.3, 0.4) is 0 Å². The number of aliphatic hydroxyl groups is 1. The highest BCUT2D eigenvalue weighted by Crippen LogP contribution is 2.66. The van der Waals surface area contributed by atoms with Gasteiger partial charge in [0.25, 0.3) is 0 Å². The molecule has 3 amide bonds. The van der Waals surface area contributed by atoms with Crippen molar-refractivity contribution in [2.24, 2.45) is 11.8 Å². The SMILES string of the molecule is C=CCN(Cc1ccccc1)C(=O)[C@@H]1[C@@H]2CCC3(S2)C(C(=O)N(CC=C)C(C)CCC)N(CCCCCO)C(=O)[C@H]13. The Morgan fingerprint density at radius 3 is 2.54 bits per heavy atom. The fourth-order valence-electron chi connectivity index (χ4n) is 7.29. The first-order chi connectivity index (χ1) is 19.8. The molecule has 1 spiro atoms. The maximum Gasteiger partial charge on any atom is 0.247 e. The second-order valence-electron chi connectivity index (χ2n) is 11.8. The van der Waals surface area contributed by atoms with Crippen molar-refractivity contribution in [1.29, 1.82) is 0 Å². The molecule has 224 valence electrons. The van der Waals surface area contributed by atoms with E-state index in [9.17, 15) is 19.5 Å². The minimum Gasteiger partial charge on any atom is -0.396 e. The number of amides is 3. The molecular formula is C33H47N3O4S. The Bertz CT molecular complexity index is 1100. The Labute approximate surface area is 250 Å². The molecule has 0 radical (unpaired) electrons. The third kappa shape index (κ3) is 6.14. The molecule has 3 aliphatic heterocycles. The second kappa shape index (κ2) is 14.1. The second-order valence-corrected chi connectivity index (χ2v) is 13.4. The molecule has 0 aromatic heterocycles. The van der Waals surface area contributed by atoms with E-state index in [2.05, 4.69) is 27.0 Å². The highest BCUT2D eigenvalue weighted by Gasteiger charge is 2.74. The standard InChI is InChI=1S/C33H47N3O4S/c1-5-14-24(4)35(20-7-3)32(40)29-33-18-17-26(41-33)27(28(33)31(39)36(29)21-12-9-13-22-37)30(38)34(19-6-2)23-25-15-10-8-11-16-25/h6-8,10-11,15-16,24,26-29,37H,2-3,5,9,12-14,17-23H2,1,4H3/t24?,26-,27+,28-,29?,33?/m0/s1. The zero-order valence-corrected chi connectivity index (χ0v) is 25.6. The van der Waals surface area contributed by atoms with Gasteiger partial charge in [-0.05, 0) is 51.0 Å². The van der Waals surface area contributed by atoms with Gasteiger partial charge >= 0.3 is 0 Å². The molecule has 4 rings (SSSR count). The van der Waals surface area contributed by atoms with Gasteiger partial charge in [-0.1, -0.05) is 55.8 Å². The summed E-state index contributed by atoms with van der Waals surface area (Å²) in [5, 5.41) is 9.32. The van der Waals surface area contributed by atoms with E-state index in [-0.39, 0.29) is 35.6 Å². The summed E-state index contributed by atoms with van der Waals surface area (Å²) in [5.41, 5.74) is 1.04. The van der Waals surface area contributed by atoms with Crippen molar-refractivity contribution in [3.8, 4) is 0 Å². The number of rotatable bonds is 16. The lowest BCUT2D eigenvalue weighted by molar-refractivity contribution is -0.145. The van der Waals surface area contributed by atoms with Crippen molar-refractivity contribution in [2.45, 2.75) is 87.4 Å². The van der Waals surface area contributed by atoms with Crippen LogP contribution in [0.1, 0.15) is 64.4 Å². The predicted molar refractivity (Wildman–Crippen MR) is 165 cm³/mol. The number of unbranched alkanes of at least 4 members (excludes halogenated alkanes) is 2. The maximum absolute atomic E-state index is 14.5. The van der Waals surface area contributed by atoms with Crippen molar-refractivity contribution >= 4 is 29.5 Å². The van der Waals surface area contributed by atoms with E-state index < -0.39 is 22.6 Å². The topological polar surface area (TPSA) is 81.2 Å². The number of thioether (sulfide) groups is 1. The number of hydrogen-bond donors (Lipinski definition) is 1. The van der Waals surface area contributed by atoms with E-state index in [1.807, 2.05) is 45.0 Å². The van der Waals surface area contributed by atoms with Crippen LogP contribution in [0.2, 0.25) is 0 Å². The number of nitrogens with zero attached hydrogens (tertiary/aromatic N) is 3. The molecule has 6 atom stereocenters. The molecule has 0 saturated carbocycles. The quantitative estimate of drug-likeness (QED) is 0.227. The molecule has 1 N–H and O–H groups in total. The zero-order chi connectivity index (χ0) is 29.6. The van der Waals surface area contributed by atoms with Crippen molar-refractivity contribution in [3.63, 3.8) is 0 Å². The van der Waals surface area contributed by atoms with Gasteiger partial charge in [0.15, 0.2) is 0 Å². The first-order valence-corrected chi connectivity index (χ1v) is 16.2. The summed E-state index contributed by atoms with van der Waals surface area (Å²) in [7, 11) is 0. The van der Waals surface area contributed by atoms with Crippen molar-refractivity contribution in [3.05, 3.63) is 61.2 Å². The molecule has 7 nitrogen and oxygen atoms in total. The predicted octanol–water partition coefficient (Wildman–Crippen LogP) is 4.66. The van der Waals surface area contributed by atoms with Gasteiger partial charge in [-0.2, -0.15) is 0 Å². The number of carbonyl (C=O) groups is 3. The molecule has 3 unspecified atom stereocenters. The zero-order valence-electron chi connectivity index (χ0n) is 24.7. The third-order valence-corrected chi connectivity index (χ3v) is 11.1. The molecular weight excluding hydrogens is 534 g/mol. The van der Waals surface area contributed by atoms with Crippen LogP contribution in [0.4, 0.5) is 0 Å². The van der Waals surface area contributed by atoms with Crippen LogP contribution < -0.4 is 0 Å². The van der Waals surface area contributed by atoms with Crippen LogP contribution in [0.5, 0.6) is 0 Å². The van der Waals surface area contributed by atoms with Crippen LogP contribution >= 0.6 is 11.8 Å². The molecule has 3 aliphatic rings. The van der Waals surface area contributed by atoms with Gasteiger partial charge in [-0.25, -0.2) is 0 Å². The van der Waals surface area contributed by atoms with Gasteiger partial charge in [-0.15, -0.1) is 24.9 Å². The first-order valence-electron chi connectivity index (χ1n) is 15.3. The summed E-state index contributed by atoms with van der Waals surface area (Å²) in [6.45, 7) is 13.9. The first kappa shape index (κ1) is 31.4. The van der Waals surface area contributed by atoms with Crippen LogP contribution in [0.25, 0.3) is 0 Å². The summed E-state index contributed by atoms with van der Waals surface area (Å²) in [6, 6.07) is 9.35. The summed E-state index contributed by atoms with van der Waals surface area (Å²) in [4.78, 5) is 48.7. The largest absolute Gasteiger partial charge is 0.396 e. The van der Waals surface area contributed by atoms with Crippen molar-refractivity contribution in [1.82, 2.24) is 14.7 Å². The van der Waals surface area contributed by atoms with E-state index in [0.717, 1.165) is 37.7 Å². The fraction of sp³-hybridized carbons (Fsp3) is 0.606. The monoisotopic (exact) mass is 581 g/mol. The van der Waals surface area contributed by atoms with E-state index in [0.29, 0.717) is 39.0 Å². The van der Waals surface area contributed by atoms with Crippen LogP contribution in [0, 0.1) is 11.8 Å². The smallest absolute Gasteiger partial charge is 0.247 e. The van der Waals surface area contributed by atoms with E-state index in [1.165, 1.54) is 0 Å². The summed E-state index contributed by atoms with van der Waals surface area (Å²) in [6.07, 6.45) is 9.09. The molecule has 8 heteroatoms. The Kier molecular flexibility index (Phi) is 10.8. The molecule has 3 fully saturated rings. The number of carbonyl (C=O) groups excluding carboxylic acids is 3. The number of likely N-dealkylation sites (tertiary alicyclic amines) is 1.